The minimum absolute atomic E-state index is 0.0449. The Morgan fingerprint density at radius 2 is 2.14 bits per heavy atom. The number of hydrogen-bond donors (Lipinski definition) is 3. The molecule has 0 aliphatic carbocycles. The second kappa shape index (κ2) is 6.24. The Balaban J connectivity index is 1.82. The molecule has 0 aromatic heterocycles. The van der Waals surface area contributed by atoms with Gasteiger partial charge in [0.05, 0.1) is 16.7 Å². The highest BCUT2D eigenvalue weighted by atomic mass is 35.5. The van der Waals surface area contributed by atoms with Gasteiger partial charge in [-0.1, -0.05) is 23.2 Å². The number of phenols is 1. The first-order valence-electron chi connectivity index (χ1n) is 7.34. The molecule has 3 atom stereocenters. The number of hydrogen-bond acceptors (Lipinski definition) is 4. The third-order valence-corrected chi connectivity index (χ3v) is 5.42. The summed E-state index contributed by atoms with van der Waals surface area (Å²) in [4.78, 5) is 14.1. The number of piperazine rings is 1. The number of aliphatic hydroxyl groups excluding tert-OH is 1. The van der Waals surface area contributed by atoms with Crippen LogP contribution in [0.5, 0.6) is 5.75 Å². The summed E-state index contributed by atoms with van der Waals surface area (Å²) in [7, 11) is 0. The molecular weight excluding hydrogens is 327 g/mol. The summed E-state index contributed by atoms with van der Waals surface area (Å²) in [6.07, 6.45) is 1.43. The molecule has 120 valence electrons. The van der Waals surface area contributed by atoms with Crippen molar-refractivity contribution in [2.75, 3.05) is 19.7 Å². The number of aromatic hydroxyl groups is 1. The summed E-state index contributed by atoms with van der Waals surface area (Å²) >= 11 is 12.3. The van der Waals surface area contributed by atoms with Gasteiger partial charge in [0.1, 0.15) is 11.8 Å². The van der Waals surface area contributed by atoms with Crippen LogP contribution in [0, 0.1) is 0 Å². The third-order valence-electron chi connectivity index (χ3n) is 4.60. The van der Waals surface area contributed by atoms with Gasteiger partial charge in [-0.15, -0.1) is 0 Å². The van der Waals surface area contributed by atoms with Crippen molar-refractivity contribution in [3.05, 3.63) is 27.7 Å². The maximum atomic E-state index is 12.2. The molecule has 2 heterocycles. The van der Waals surface area contributed by atoms with Gasteiger partial charge in [0.25, 0.3) is 0 Å². The smallest absolute Gasteiger partial charge is 0.242 e. The van der Waals surface area contributed by atoms with Gasteiger partial charge >= 0.3 is 0 Å². The van der Waals surface area contributed by atoms with Crippen LogP contribution in [-0.2, 0) is 4.79 Å². The average Bonchev–Trinajstić information content (AvgIpc) is 2.52. The summed E-state index contributed by atoms with van der Waals surface area (Å²) in [6.45, 7) is 1.04. The predicted molar refractivity (Wildman–Crippen MR) is 84.5 cm³/mol. The zero-order valence-corrected chi connectivity index (χ0v) is 13.4. The number of benzene rings is 1. The highest BCUT2D eigenvalue weighted by Crippen LogP contribution is 2.43. The molecule has 2 aliphatic heterocycles. The fourth-order valence-electron chi connectivity index (χ4n) is 3.45. The van der Waals surface area contributed by atoms with E-state index in [0.29, 0.717) is 41.5 Å². The number of carbonyl (C=O) groups is 1. The van der Waals surface area contributed by atoms with Crippen molar-refractivity contribution in [3.63, 3.8) is 0 Å². The standard InChI is InChI=1S/C15H18Cl2N2O3/c16-10-1-2-12(21)13(14(10)17)8-3-4-19-9(5-8)6-18-11(7-20)15(19)22/h1-2,8-9,11,18,20-21H,3-7H2/t8-,9+,11+/m0/s1. The Bertz CT molecular complexity index is 596. The fraction of sp³-hybridized carbons (Fsp3) is 0.533. The minimum atomic E-state index is -0.504. The van der Waals surface area contributed by atoms with E-state index in [9.17, 15) is 15.0 Å². The molecule has 3 N–H and O–H groups in total. The minimum Gasteiger partial charge on any atom is -0.508 e. The molecule has 1 aromatic rings. The summed E-state index contributed by atoms with van der Waals surface area (Å²) < 4.78 is 0. The number of nitrogens with one attached hydrogen (secondary N) is 1. The molecule has 0 radical (unpaired) electrons. The Labute approximate surface area is 138 Å². The molecule has 2 fully saturated rings. The van der Waals surface area contributed by atoms with E-state index in [4.69, 9.17) is 23.2 Å². The normalized spacial score (nSPS) is 28.6. The highest BCUT2D eigenvalue weighted by Gasteiger charge is 2.39. The predicted octanol–water partition coefficient (Wildman–Crippen LogP) is 1.74. The lowest BCUT2D eigenvalue weighted by molar-refractivity contribution is -0.141. The van der Waals surface area contributed by atoms with Crippen LogP contribution in [0.1, 0.15) is 24.3 Å². The van der Waals surface area contributed by atoms with Crippen molar-refractivity contribution < 1.29 is 15.0 Å². The first-order valence-corrected chi connectivity index (χ1v) is 8.10. The van der Waals surface area contributed by atoms with Crippen molar-refractivity contribution in [1.82, 2.24) is 10.2 Å². The Hall–Kier alpha value is -1.01. The Morgan fingerprint density at radius 1 is 1.36 bits per heavy atom. The third kappa shape index (κ3) is 2.67. The quantitative estimate of drug-likeness (QED) is 0.764. The number of rotatable bonds is 2. The summed E-state index contributed by atoms with van der Waals surface area (Å²) in [6, 6.07) is 2.68. The van der Waals surface area contributed by atoms with Crippen molar-refractivity contribution >= 4 is 29.1 Å². The van der Waals surface area contributed by atoms with Gasteiger partial charge in [-0.05, 0) is 30.9 Å². The number of halogens is 2. The monoisotopic (exact) mass is 344 g/mol. The van der Waals surface area contributed by atoms with Gasteiger partial charge in [-0.25, -0.2) is 0 Å². The zero-order valence-electron chi connectivity index (χ0n) is 11.9. The second-order valence-electron chi connectivity index (χ2n) is 5.84. The Kier molecular flexibility index (Phi) is 4.50. The molecule has 3 rings (SSSR count). The van der Waals surface area contributed by atoms with Gasteiger partial charge in [0, 0.05) is 24.7 Å². The largest absolute Gasteiger partial charge is 0.508 e. The number of amides is 1. The number of nitrogens with zero attached hydrogens (tertiary/aromatic N) is 1. The first-order chi connectivity index (χ1) is 10.5. The molecule has 5 nitrogen and oxygen atoms in total. The van der Waals surface area contributed by atoms with Crippen molar-refractivity contribution in [2.24, 2.45) is 0 Å². The number of aliphatic hydroxyl groups is 1. The lowest BCUT2D eigenvalue weighted by Gasteiger charge is -2.45. The molecule has 0 saturated carbocycles. The average molecular weight is 345 g/mol. The van der Waals surface area contributed by atoms with Crippen LogP contribution in [0.25, 0.3) is 0 Å². The SMILES string of the molecule is O=C1[C@@H](CO)NC[C@H]2C[C@@H](c3c(O)ccc(Cl)c3Cl)CCN12. The molecule has 0 bridgehead atoms. The van der Waals surface area contributed by atoms with E-state index in [1.165, 1.54) is 0 Å². The zero-order chi connectivity index (χ0) is 15.9. The molecule has 2 aliphatic rings. The number of fused-ring (bicyclic) bond motifs is 1. The lowest BCUT2D eigenvalue weighted by Crippen LogP contribution is -2.63. The van der Waals surface area contributed by atoms with Crippen LogP contribution in [0.15, 0.2) is 12.1 Å². The van der Waals surface area contributed by atoms with Gasteiger partial charge in [0.15, 0.2) is 0 Å². The van der Waals surface area contributed by atoms with Gasteiger partial charge in [-0.3, -0.25) is 4.79 Å². The van der Waals surface area contributed by atoms with Gasteiger partial charge in [-0.2, -0.15) is 0 Å². The van der Waals surface area contributed by atoms with E-state index in [0.717, 1.165) is 0 Å². The summed E-state index contributed by atoms with van der Waals surface area (Å²) in [5, 5.41) is 23.2. The Morgan fingerprint density at radius 3 is 2.86 bits per heavy atom. The van der Waals surface area contributed by atoms with E-state index in [-0.39, 0.29) is 30.2 Å². The number of phenolic OH excluding ortho intramolecular Hbond substituents is 1. The van der Waals surface area contributed by atoms with Crippen LogP contribution >= 0.6 is 23.2 Å². The summed E-state index contributed by atoms with van der Waals surface area (Å²) in [5.41, 5.74) is 0.672. The van der Waals surface area contributed by atoms with E-state index in [1.807, 2.05) is 4.90 Å². The first kappa shape index (κ1) is 15.9. The maximum absolute atomic E-state index is 12.2. The van der Waals surface area contributed by atoms with Crippen molar-refractivity contribution in [2.45, 2.75) is 30.8 Å². The maximum Gasteiger partial charge on any atom is 0.242 e. The highest BCUT2D eigenvalue weighted by molar-refractivity contribution is 6.42. The van der Waals surface area contributed by atoms with E-state index in [2.05, 4.69) is 5.32 Å². The molecule has 1 aromatic carbocycles. The van der Waals surface area contributed by atoms with E-state index >= 15 is 0 Å². The molecule has 2 saturated heterocycles. The van der Waals surface area contributed by atoms with E-state index in [1.54, 1.807) is 12.1 Å². The van der Waals surface area contributed by atoms with Crippen molar-refractivity contribution in [3.8, 4) is 5.75 Å². The summed E-state index contributed by atoms with van der Waals surface area (Å²) in [5.74, 6) is 0.155. The van der Waals surface area contributed by atoms with Gasteiger partial charge in [0.2, 0.25) is 5.91 Å². The topological polar surface area (TPSA) is 72.8 Å². The number of carbonyl (C=O) groups excluding carboxylic acids is 1. The molecule has 0 unspecified atom stereocenters. The van der Waals surface area contributed by atoms with Crippen LogP contribution in [0.4, 0.5) is 0 Å². The van der Waals surface area contributed by atoms with Crippen LogP contribution in [-0.4, -0.2) is 52.8 Å². The molecule has 7 heteroatoms. The fourth-order valence-corrected chi connectivity index (χ4v) is 3.93. The van der Waals surface area contributed by atoms with Gasteiger partial charge < -0.3 is 20.4 Å². The molecule has 1 amide bonds. The van der Waals surface area contributed by atoms with Crippen LogP contribution in [0.3, 0.4) is 0 Å². The molecule has 22 heavy (non-hydrogen) atoms. The van der Waals surface area contributed by atoms with Crippen molar-refractivity contribution in [1.29, 1.82) is 0 Å². The van der Waals surface area contributed by atoms with Crippen LogP contribution < -0.4 is 5.32 Å². The number of piperidine rings is 1. The second-order valence-corrected chi connectivity index (χ2v) is 6.63. The lowest BCUT2D eigenvalue weighted by atomic mass is 9.83. The molecular formula is C15H18Cl2N2O3. The van der Waals surface area contributed by atoms with E-state index < -0.39 is 6.04 Å². The van der Waals surface area contributed by atoms with Crippen LogP contribution in [0.2, 0.25) is 10.0 Å². The molecule has 0 spiro atoms.